The van der Waals surface area contributed by atoms with Gasteiger partial charge in [-0.15, -0.1) is 0 Å². The summed E-state index contributed by atoms with van der Waals surface area (Å²) in [6.07, 6.45) is 9.56. The summed E-state index contributed by atoms with van der Waals surface area (Å²) in [5.41, 5.74) is 2.64. The minimum atomic E-state index is 0.594. The van der Waals surface area contributed by atoms with Gasteiger partial charge in [0.1, 0.15) is 0 Å². The first-order chi connectivity index (χ1) is 15.2. The van der Waals surface area contributed by atoms with Gasteiger partial charge in [0.2, 0.25) is 0 Å². The molecule has 0 N–H and O–H groups in total. The molecule has 0 saturated carbocycles. The minimum absolute atomic E-state index is 0.594. The number of hydrogen-bond donors (Lipinski definition) is 0. The van der Waals surface area contributed by atoms with Gasteiger partial charge in [-0.05, 0) is 62.0 Å². The monoisotopic (exact) mass is 425 g/mol. The van der Waals surface area contributed by atoms with E-state index < -0.39 is 0 Å². The van der Waals surface area contributed by atoms with E-state index in [4.69, 9.17) is 9.47 Å². The second kappa shape index (κ2) is 14.9. The first-order valence-electron chi connectivity index (χ1n) is 12.3. The lowest BCUT2D eigenvalue weighted by Gasteiger charge is -2.32. The van der Waals surface area contributed by atoms with E-state index in [1.54, 1.807) is 7.11 Å². The van der Waals surface area contributed by atoms with Crippen molar-refractivity contribution >= 4 is 0 Å². The van der Waals surface area contributed by atoms with E-state index in [0.717, 1.165) is 24.3 Å². The van der Waals surface area contributed by atoms with Gasteiger partial charge in [0, 0.05) is 12.5 Å². The summed E-state index contributed by atoms with van der Waals surface area (Å²) in [5, 5.41) is 0. The zero-order valence-electron chi connectivity index (χ0n) is 20.2. The highest BCUT2D eigenvalue weighted by Gasteiger charge is 2.18. The van der Waals surface area contributed by atoms with Gasteiger partial charge in [-0.2, -0.15) is 0 Å². The van der Waals surface area contributed by atoms with Crippen LogP contribution in [0.4, 0.5) is 0 Å². The Morgan fingerprint density at radius 1 is 0.806 bits per heavy atom. The van der Waals surface area contributed by atoms with Crippen molar-refractivity contribution in [3.05, 3.63) is 59.7 Å². The molecular formula is C28H43NO2. The van der Waals surface area contributed by atoms with Crippen LogP contribution in [0.1, 0.15) is 70.4 Å². The molecule has 3 heteroatoms. The number of nitrogens with zero attached hydrogens (tertiary/aromatic N) is 1. The Labute approximate surface area is 190 Å². The van der Waals surface area contributed by atoms with Crippen molar-refractivity contribution in [2.24, 2.45) is 0 Å². The van der Waals surface area contributed by atoms with E-state index in [2.05, 4.69) is 68.1 Å². The van der Waals surface area contributed by atoms with E-state index in [1.807, 2.05) is 6.07 Å². The van der Waals surface area contributed by atoms with Crippen molar-refractivity contribution in [3.8, 4) is 11.5 Å². The summed E-state index contributed by atoms with van der Waals surface area (Å²) in [6.45, 7) is 9.88. The predicted octanol–water partition coefficient (Wildman–Crippen LogP) is 6.93. The van der Waals surface area contributed by atoms with Crippen molar-refractivity contribution in [2.75, 3.05) is 26.8 Å². The third-order valence-corrected chi connectivity index (χ3v) is 5.87. The van der Waals surface area contributed by atoms with Crippen LogP contribution in [-0.4, -0.2) is 37.7 Å². The number of benzene rings is 2. The molecule has 0 bridgehead atoms. The highest BCUT2D eigenvalue weighted by molar-refractivity contribution is 5.43. The lowest BCUT2D eigenvalue weighted by atomic mass is 9.98. The van der Waals surface area contributed by atoms with Crippen molar-refractivity contribution in [1.82, 2.24) is 4.90 Å². The van der Waals surface area contributed by atoms with Gasteiger partial charge < -0.3 is 14.4 Å². The van der Waals surface area contributed by atoms with Crippen molar-refractivity contribution < 1.29 is 9.47 Å². The Bertz CT molecular complexity index is 710. The van der Waals surface area contributed by atoms with E-state index in [9.17, 15) is 0 Å². The molecule has 2 rings (SSSR count). The van der Waals surface area contributed by atoms with Crippen LogP contribution in [0.25, 0.3) is 0 Å². The number of unbranched alkanes of at least 4 members (excludes halogenated alkanes) is 2. The SMILES string of the molecule is CCCCC[C@@H](Cc1ccc(OC)c(OCCc2ccccc2)c1)N(CCC)CCC. The maximum absolute atomic E-state index is 6.17. The van der Waals surface area contributed by atoms with Crippen LogP contribution < -0.4 is 9.47 Å². The average Bonchev–Trinajstić information content (AvgIpc) is 2.79. The number of rotatable bonds is 16. The van der Waals surface area contributed by atoms with Gasteiger partial charge >= 0.3 is 0 Å². The first-order valence-corrected chi connectivity index (χ1v) is 12.3. The van der Waals surface area contributed by atoms with E-state index in [-0.39, 0.29) is 0 Å². The molecule has 31 heavy (non-hydrogen) atoms. The highest BCUT2D eigenvalue weighted by Crippen LogP contribution is 2.30. The quantitative estimate of drug-likeness (QED) is 0.272. The summed E-state index contributed by atoms with van der Waals surface area (Å²) in [5.74, 6) is 1.68. The van der Waals surface area contributed by atoms with Crippen LogP contribution in [0.5, 0.6) is 11.5 Å². The van der Waals surface area contributed by atoms with Gasteiger partial charge in [-0.3, -0.25) is 0 Å². The van der Waals surface area contributed by atoms with E-state index in [0.29, 0.717) is 12.6 Å². The molecule has 3 nitrogen and oxygen atoms in total. The lowest BCUT2D eigenvalue weighted by molar-refractivity contribution is 0.181. The maximum Gasteiger partial charge on any atom is 0.161 e. The Hall–Kier alpha value is -2.00. The highest BCUT2D eigenvalue weighted by atomic mass is 16.5. The Morgan fingerprint density at radius 3 is 2.19 bits per heavy atom. The van der Waals surface area contributed by atoms with Crippen LogP contribution in [0.3, 0.4) is 0 Å². The van der Waals surface area contributed by atoms with Crippen LogP contribution >= 0.6 is 0 Å². The molecule has 0 spiro atoms. The normalized spacial score (nSPS) is 12.2. The summed E-state index contributed by atoms with van der Waals surface area (Å²) >= 11 is 0. The van der Waals surface area contributed by atoms with Gasteiger partial charge in [0.15, 0.2) is 11.5 Å². The number of hydrogen-bond acceptors (Lipinski definition) is 3. The van der Waals surface area contributed by atoms with Crippen LogP contribution in [0, 0.1) is 0 Å². The summed E-state index contributed by atoms with van der Waals surface area (Å²) in [7, 11) is 1.72. The molecule has 172 valence electrons. The van der Waals surface area contributed by atoms with Gasteiger partial charge in [-0.1, -0.05) is 76.4 Å². The molecular weight excluding hydrogens is 382 g/mol. The fourth-order valence-corrected chi connectivity index (χ4v) is 4.25. The first kappa shape index (κ1) is 25.3. The molecule has 0 aliphatic rings. The fourth-order valence-electron chi connectivity index (χ4n) is 4.25. The van der Waals surface area contributed by atoms with Crippen LogP contribution in [-0.2, 0) is 12.8 Å². The summed E-state index contributed by atoms with van der Waals surface area (Å²) in [4.78, 5) is 2.70. The van der Waals surface area contributed by atoms with Gasteiger partial charge in [0.05, 0.1) is 13.7 Å². The largest absolute Gasteiger partial charge is 0.493 e. The predicted molar refractivity (Wildman–Crippen MR) is 132 cm³/mol. The van der Waals surface area contributed by atoms with Gasteiger partial charge in [0.25, 0.3) is 0 Å². The Morgan fingerprint density at radius 2 is 1.55 bits per heavy atom. The van der Waals surface area contributed by atoms with E-state index >= 15 is 0 Å². The molecule has 1 atom stereocenters. The average molecular weight is 426 g/mol. The molecule has 2 aromatic carbocycles. The summed E-state index contributed by atoms with van der Waals surface area (Å²) < 4.78 is 11.7. The Kier molecular flexibility index (Phi) is 12.2. The van der Waals surface area contributed by atoms with Crippen LogP contribution in [0.2, 0.25) is 0 Å². The van der Waals surface area contributed by atoms with Gasteiger partial charge in [-0.25, -0.2) is 0 Å². The molecule has 0 amide bonds. The van der Waals surface area contributed by atoms with Crippen LogP contribution in [0.15, 0.2) is 48.5 Å². The number of methoxy groups -OCH3 is 1. The zero-order valence-corrected chi connectivity index (χ0v) is 20.2. The van der Waals surface area contributed by atoms with Crippen molar-refractivity contribution in [3.63, 3.8) is 0 Å². The number of ether oxygens (including phenoxy) is 2. The maximum atomic E-state index is 6.17. The third kappa shape index (κ3) is 8.95. The molecule has 0 aromatic heterocycles. The summed E-state index contributed by atoms with van der Waals surface area (Å²) in [6, 6.07) is 17.6. The van der Waals surface area contributed by atoms with E-state index in [1.165, 1.54) is 62.7 Å². The second-order valence-corrected chi connectivity index (χ2v) is 8.46. The molecule has 0 saturated heterocycles. The zero-order chi connectivity index (χ0) is 22.3. The Balaban J connectivity index is 2.09. The molecule has 0 aliphatic heterocycles. The molecule has 2 aromatic rings. The molecule has 0 heterocycles. The molecule has 0 fully saturated rings. The van der Waals surface area contributed by atoms with Crippen molar-refractivity contribution in [1.29, 1.82) is 0 Å². The second-order valence-electron chi connectivity index (χ2n) is 8.46. The minimum Gasteiger partial charge on any atom is -0.493 e. The fraction of sp³-hybridized carbons (Fsp3) is 0.571. The molecule has 0 aliphatic carbocycles. The molecule has 0 unspecified atom stereocenters. The smallest absolute Gasteiger partial charge is 0.161 e. The third-order valence-electron chi connectivity index (χ3n) is 5.87. The molecule has 0 radical (unpaired) electrons. The lowest BCUT2D eigenvalue weighted by Crippen LogP contribution is -2.38. The topological polar surface area (TPSA) is 21.7 Å². The standard InChI is InChI=1S/C28H43NO2/c1-5-8-10-15-26(29(19-6-2)20-7-3)22-25-16-17-27(30-4)28(23-25)31-21-18-24-13-11-9-12-14-24/h9,11-14,16-17,23,26H,5-8,10,15,18-22H2,1-4H3/t26-/m0/s1. The van der Waals surface area contributed by atoms with Crippen molar-refractivity contribution in [2.45, 2.75) is 78.2 Å².